The third-order valence-electron chi connectivity index (χ3n) is 3.20. The molecule has 1 atom stereocenters. The Morgan fingerprint density at radius 2 is 2.12 bits per heavy atom. The van der Waals surface area contributed by atoms with E-state index < -0.39 is 0 Å². The number of hydrogen-bond acceptors (Lipinski definition) is 2. The molecule has 1 unspecified atom stereocenters. The molecule has 2 rings (SSSR count). The minimum absolute atomic E-state index is 0.0451. The molecule has 0 amide bonds. The summed E-state index contributed by atoms with van der Waals surface area (Å²) in [5.41, 5.74) is 2.25. The van der Waals surface area contributed by atoms with E-state index in [2.05, 4.69) is 23.6 Å². The number of benzene rings is 1. The largest absolute Gasteiger partial charge is 0.370 e. The predicted octanol–water partition coefficient (Wildman–Crippen LogP) is 2.61. The zero-order chi connectivity index (χ0) is 11.5. The van der Waals surface area contributed by atoms with Gasteiger partial charge in [-0.05, 0) is 18.9 Å². The molecule has 1 aliphatic heterocycles. The number of likely N-dealkylation sites (tertiary alicyclic amines) is 1. The first-order chi connectivity index (χ1) is 7.68. The molecule has 2 nitrogen and oxygen atoms in total. The van der Waals surface area contributed by atoms with Crippen molar-refractivity contribution in [2.45, 2.75) is 19.9 Å². The van der Waals surface area contributed by atoms with Gasteiger partial charge in [0.05, 0.1) is 5.92 Å². The first-order valence-corrected chi connectivity index (χ1v) is 5.66. The van der Waals surface area contributed by atoms with E-state index in [-0.39, 0.29) is 11.7 Å². The van der Waals surface area contributed by atoms with Crippen LogP contribution in [0.15, 0.2) is 42.6 Å². The van der Waals surface area contributed by atoms with E-state index in [1.165, 1.54) is 5.56 Å². The molecule has 0 aliphatic carbocycles. The van der Waals surface area contributed by atoms with Gasteiger partial charge in [0.1, 0.15) is 5.78 Å². The summed E-state index contributed by atoms with van der Waals surface area (Å²) in [7, 11) is 0. The van der Waals surface area contributed by atoms with Crippen molar-refractivity contribution in [2.75, 3.05) is 6.54 Å². The van der Waals surface area contributed by atoms with Gasteiger partial charge in [-0.1, -0.05) is 36.9 Å². The second kappa shape index (κ2) is 4.52. The van der Waals surface area contributed by atoms with Gasteiger partial charge in [-0.2, -0.15) is 0 Å². The van der Waals surface area contributed by atoms with E-state index in [1.807, 2.05) is 18.2 Å². The third-order valence-corrected chi connectivity index (χ3v) is 3.20. The number of carbonyl (C=O) groups excluding carboxylic acids is 1. The standard InChI is InChI=1S/C14H17NO/c1-11-14(12(2)16)8-9-15(11)10-13-6-4-3-5-7-13/h3-7,14H,1,8-10H2,2H3. The molecule has 1 aromatic rings. The summed E-state index contributed by atoms with van der Waals surface area (Å²) >= 11 is 0. The Labute approximate surface area is 96.6 Å². The lowest BCUT2D eigenvalue weighted by molar-refractivity contribution is -0.119. The van der Waals surface area contributed by atoms with Crippen molar-refractivity contribution < 1.29 is 4.79 Å². The number of hydrogen-bond donors (Lipinski definition) is 0. The van der Waals surface area contributed by atoms with Crippen molar-refractivity contribution in [3.05, 3.63) is 48.2 Å². The van der Waals surface area contributed by atoms with Gasteiger partial charge in [0.2, 0.25) is 0 Å². The van der Waals surface area contributed by atoms with Gasteiger partial charge >= 0.3 is 0 Å². The molecule has 0 bridgehead atoms. The molecule has 0 saturated carbocycles. The van der Waals surface area contributed by atoms with Crippen LogP contribution in [0.3, 0.4) is 0 Å². The summed E-state index contributed by atoms with van der Waals surface area (Å²) in [6, 6.07) is 10.3. The zero-order valence-corrected chi connectivity index (χ0v) is 9.65. The SMILES string of the molecule is C=C1C(C(C)=O)CCN1Cc1ccccc1. The normalized spacial score (nSPS) is 20.2. The van der Waals surface area contributed by atoms with Crippen LogP contribution in [0.25, 0.3) is 0 Å². The van der Waals surface area contributed by atoms with E-state index in [0.717, 1.165) is 25.2 Å². The second-order valence-electron chi connectivity index (χ2n) is 4.35. The maximum absolute atomic E-state index is 11.4. The first kappa shape index (κ1) is 10.9. The number of carbonyl (C=O) groups is 1. The van der Waals surface area contributed by atoms with Crippen molar-refractivity contribution in [1.82, 2.24) is 4.90 Å². The molecule has 1 heterocycles. The monoisotopic (exact) mass is 215 g/mol. The zero-order valence-electron chi connectivity index (χ0n) is 9.65. The van der Waals surface area contributed by atoms with Crippen LogP contribution in [0, 0.1) is 5.92 Å². The Balaban J connectivity index is 2.03. The summed E-state index contributed by atoms with van der Waals surface area (Å²) in [5, 5.41) is 0. The lowest BCUT2D eigenvalue weighted by Gasteiger charge is -2.20. The van der Waals surface area contributed by atoms with Crippen molar-refractivity contribution in [2.24, 2.45) is 5.92 Å². The molecule has 0 radical (unpaired) electrons. The highest BCUT2D eigenvalue weighted by Crippen LogP contribution is 2.28. The summed E-state index contributed by atoms with van der Waals surface area (Å²) in [5.74, 6) is 0.282. The first-order valence-electron chi connectivity index (χ1n) is 5.66. The Morgan fingerprint density at radius 3 is 2.69 bits per heavy atom. The highest BCUT2D eigenvalue weighted by Gasteiger charge is 2.29. The molecular formula is C14H17NO. The lowest BCUT2D eigenvalue weighted by atomic mass is 10.0. The summed E-state index contributed by atoms with van der Waals surface area (Å²) < 4.78 is 0. The van der Waals surface area contributed by atoms with Gasteiger partial charge in [0.25, 0.3) is 0 Å². The van der Waals surface area contributed by atoms with Crippen LogP contribution in [0.2, 0.25) is 0 Å². The molecule has 1 aromatic carbocycles. The second-order valence-corrected chi connectivity index (χ2v) is 4.35. The lowest BCUT2D eigenvalue weighted by Crippen LogP contribution is -2.19. The summed E-state index contributed by atoms with van der Waals surface area (Å²) in [6.45, 7) is 7.50. The smallest absolute Gasteiger partial charge is 0.138 e. The average Bonchev–Trinajstić information content (AvgIpc) is 2.62. The van der Waals surface area contributed by atoms with Crippen molar-refractivity contribution >= 4 is 5.78 Å². The molecule has 0 spiro atoms. The van der Waals surface area contributed by atoms with Crippen LogP contribution in [-0.2, 0) is 11.3 Å². The third kappa shape index (κ3) is 2.16. The molecule has 84 valence electrons. The molecule has 2 heteroatoms. The minimum atomic E-state index is 0.0451. The number of nitrogens with zero attached hydrogens (tertiary/aromatic N) is 1. The quantitative estimate of drug-likeness (QED) is 0.772. The predicted molar refractivity (Wildman–Crippen MR) is 64.8 cm³/mol. The van der Waals surface area contributed by atoms with E-state index in [9.17, 15) is 4.79 Å². The average molecular weight is 215 g/mol. The van der Waals surface area contributed by atoms with Crippen LogP contribution in [-0.4, -0.2) is 17.2 Å². The van der Waals surface area contributed by atoms with Gasteiger partial charge in [-0.3, -0.25) is 4.79 Å². The van der Waals surface area contributed by atoms with E-state index in [1.54, 1.807) is 6.92 Å². The fraction of sp³-hybridized carbons (Fsp3) is 0.357. The number of rotatable bonds is 3. The van der Waals surface area contributed by atoms with Gasteiger partial charge in [-0.25, -0.2) is 0 Å². The Bertz CT molecular complexity index is 396. The Hall–Kier alpha value is -1.57. The molecular weight excluding hydrogens is 198 g/mol. The van der Waals surface area contributed by atoms with Gasteiger partial charge < -0.3 is 4.90 Å². The van der Waals surface area contributed by atoms with Crippen molar-refractivity contribution in [3.8, 4) is 0 Å². The minimum Gasteiger partial charge on any atom is -0.370 e. The fourth-order valence-electron chi connectivity index (χ4n) is 2.24. The fourth-order valence-corrected chi connectivity index (χ4v) is 2.24. The van der Waals surface area contributed by atoms with Gasteiger partial charge in [-0.15, -0.1) is 0 Å². The maximum Gasteiger partial charge on any atom is 0.138 e. The van der Waals surface area contributed by atoms with Gasteiger partial charge in [0.15, 0.2) is 0 Å². The highest BCUT2D eigenvalue weighted by molar-refractivity contribution is 5.81. The van der Waals surface area contributed by atoms with Crippen LogP contribution < -0.4 is 0 Å². The molecule has 1 fully saturated rings. The van der Waals surface area contributed by atoms with Crippen LogP contribution >= 0.6 is 0 Å². The number of Topliss-reactive ketones (excluding diaryl/α,β-unsaturated/α-hetero) is 1. The van der Waals surface area contributed by atoms with Crippen molar-refractivity contribution in [3.63, 3.8) is 0 Å². The van der Waals surface area contributed by atoms with Crippen LogP contribution in [0.4, 0.5) is 0 Å². The number of allylic oxidation sites excluding steroid dienone is 1. The summed E-state index contributed by atoms with van der Waals surface area (Å²) in [6.07, 6.45) is 0.918. The van der Waals surface area contributed by atoms with E-state index >= 15 is 0 Å². The molecule has 1 saturated heterocycles. The van der Waals surface area contributed by atoms with Crippen molar-refractivity contribution in [1.29, 1.82) is 0 Å². The van der Waals surface area contributed by atoms with Crippen LogP contribution in [0.5, 0.6) is 0 Å². The molecule has 0 aromatic heterocycles. The molecule has 0 N–H and O–H groups in total. The molecule has 16 heavy (non-hydrogen) atoms. The Kier molecular flexibility index (Phi) is 3.09. The highest BCUT2D eigenvalue weighted by atomic mass is 16.1. The Morgan fingerprint density at radius 1 is 1.44 bits per heavy atom. The van der Waals surface area contributed by atoms with Gasteiger partial charge in [0, 0.05) is 18.8 Å². The molecule has 1 aliphatic rings. The van der Waals surface area contributed by atoms with E-state index in [0.29, 0.717) is 0 Å². The summed E-state index contributed by atoms with van der Waals surface area (Å²) in [4.78, 5) is 13.6. The van der Waals surface area contributed by atoms with Crippen LogP contribution in [0.1, 0.15) is 18.9 Å². The number of ketones is 1. The topological polar surface area (TPSA) is 20.3 Å². The van der Waals surface area contributed by atoms with E-state index in [4.69, 9.17) is 0 Å². The maximum atomic E-state index is 11.4.